The second kappa shape index (κ2) is 7.94. The zero-order valence-corrected chi connectivity index (χ0v) is 16.5. The first kappa shape index (κ1) is 19.0. The van der Waals surface area contributed by atoms with Gasteiger partial charge in [0.05, 0.1) is 15.7 Å². The van der Waals surface area contributed by atoms with E-state index >= 15 is 0 Å². The van der Waals surface area contributed by atoms with Crippen LogP contribution in [-0.2, 0) is 11.3 Å². The minimum absolute atomic E-state index is 0.126. The Bertz CT molecular complexity index is 1170. The van der Waals surface area contributed by atoms with Gasteiger partial charge in [0.1, 0.15) is 12.9 Å². The van der Waals surface area contributed by atoms with Gasteiger partial charge in [-0.3, -0.25) is 4.79 Å². The molecule has 10 nitrogen and oxygen atoms in total. The van der Waals surface area contributed by atoms with Crippen LogP contribution in [0, 0.1) is 6.92 Å². The molecule has 0 aliphatic rings. The summed E-state index contributed by atoms with van der Waals surface area (Å²) in [5.41, 5.74) is 2.92. The molecule has 0 radical (unpaired) electrons. The zero-order chi connectivity index (χ0) is 20.4. The molecule has 2 aromatic heterocycles. The molecule has 0 aliphatic heterocycles. The molecule has 146 valence electrons. The van der Waals surface area contributed by atoms with Crippen molar-refractivity contribution < 1.29 is 4.79 Å². The summed E-state index contributed by atoms with van der Waals surface area (Å²) in [5.74, 6) is 0.00906. The van der Waals surface area contributed by atoms with Gasteiger partial charge in [0.25, 0.3) is 0 Å². The Labute approximate surface area is 174 Å². The minimum Gasteiger partial charge on any atom is -0.324 e. The van der Waals surface area contributed by atoms with Gasteiger partial charge in [0.15, 0.2) is 0 Å². The van der Waals surface area contributed by atoms with Crippen molar-refractivity contribution in [3.63, 3.8) is 0 Å². The summed E-state index contributed by atoms with van der Waals surface area (Å²) in [6.07, 6.45) is 1.48. The van der Waals surface area contributed by atoms with Crippen molar-refractivity contribution in [2.45, 2.75) is 13.5 Å². The highest BCUT2D eigenvalue weighted by Gasteiger charge is 2.15. The fourth-order valence-corrected chi connectivity index (χ4v) is 2.91. The van der Waals surface area contributed by atoms with Crippen LogP contribution in [0.5, 0.6) is 0 Å². The standard InChI is InChI=1S/C17H13Cl2N9O/c1-10-2-4-12(15(6-10)27-9-20-24-26-27)17-22-25-28(23-17)8-16(29)21-11-3-5-13(18)14(19)7-11/h2-7,9H,8H2,1H3,(H,21,29). The summed E-state index contributed by atoms with van der Waals surface area (Å²) >= 11 is 11.8. The Morgan fingerprint density at radius 1 is 1.10 bits per heavy atom. The van der Waals surface area contributed by atoms with Crippen molar-refractivity contribution in [3.8, 4) is 17.1 Å². The van der Waals surface area contributed by atoms with Crippen molar-refractivity contribution in [3.05, 3.63) is 58.3 Å². The number of rotatable bonds is 5. The van der Waals surface area contributed by atoms with Crippen LogP contribution in [-0.4, -0.2) is 46.3 Å². The molecule has 12 heteroatoms. The summed E-state index contributed by atoms with van der Waals surface area (Å²) in [4.78, 5) is 13.5. The number of nitrogens with zero attached hydrogens (tertiary/aromatic N) is 8. The number of carbonyl (C=O) groups is 1. The number of carbonyl (C=O) groups excluding carboxylic acids is 1. The molecule has 0 unspecified atom stereocenters. The number of anilines is 1. The smallest absolute Gasteiger partial charge is 0.248 e. The Hall–Kier alpha value is -3.37. The molecule has 0 atom stereocenters. The van der Waals surface area contributed by atoms with Crippen molar-refractivity contribution in [2.24, 2.45) is 0 Å². The van der Waals surface area contributed by atoms with Crippen molar-refractivity contribution in [2.75, 3.05) is 5.32 Å². The van der Waals surface area contributed by atoms with Crippen LogP contribution in [0.4, 0.5) is 5.69 Å². The maximum Gasteiger partial charge on any atom is 0.248 e. The Morgan fingerprint density at radius 3 is 2.72 bits per heavy atom. The number of hydrogen-bond donors (Lipinski definition) is 1. The number of aryl methyl sites for hydroxylation is 1. The maximum atomic E-state index is 12.3. The number of benzene rings is 2. The van der Waals surface area contributed by atoms with E-state index in [4.69, 9.17) is 23.2 Å². The summed E-state index contributed by atoms with van der Waals surface area (Å²) in [6.45, 7) is 1.83. The molecule has 4 rings (SSSR count). The SMILES string of the molecule is Cc1ccc(-c2nnn(CC(=O)Nc3ccc(Cl)c(Cl)c3)n2)c(-n2cnnn2)c1. The Balaban J connectivity index is 1.53. The van der Waals surface area contributed by atoms with E-state index in [0.717, 1.165) is 5.56 Å². The van der Waals surface area contributed by atoms with Crippen LogP contribution in [0.2, 0.25) is 10.0 Å². The number of amides is 1. The molecule has 0 spiro atoms. The molecule has 0 bridgehead atoms. The summed E-state index contributed by atoms with van der Waals surface area (Å²) < 4.78 is 1.51. The molecule has 0 saturated carbocycles. The largest absolute Gasteiger partial charge is 0.324 e. The lowest BCUT2D eigenvalue weighted by molar-refractivity contribution is -0.117. The quantitative estimate of drug-likeness (QED) is 0.517. The highest BCUT2D eigenvalue weighted by molar-refractivity contribution is 6.42. The highest BCUT2D eigenvalue weighted by Crippen LogP contribution is 2.25. The van der Waals surface area contributed by atoms with Gasteiger partial charge in [-0.25, -0.2) is 0 Å². The van der Waals surface area contributed by atoms with Gasteiger partial charge in [-0.2, -0.15) is 9.48 Å². The molecule has 1 N–H and O–H groups in total. The van der Waals surface area contributed by atoms with Crippen molar-refractivity contribution >= 4 is 34.8 Å². The van der Waals surface area contributed by atoms with Gasteiger partial charge in [-0.05, 0) is 58.5 Å². The molecular weight excluding hydrogens is 417 g/mol. The van der Waals surface area contributed by atoms with E-state index in [1.54, 1.807) is 18.2 Å². The Kier molecular flexibility index (Phi) is 5.19. The number of halogens is 2. The van der Waals surface area contributed by atoms with Gasteiger partial charge >= 0.3 is 0 Å². The third-order valence-corrected chi connectivity index (χ3v) is 4.67. The molecule has 0 saturated heterocycles. The molecule has 2 aromatic carbocycles. The second-order valence-corrected chi connectivity index (χ2v) is 6.91. The molecular formula is C17H13Cl2N9O. The normalized spacial score (nSPS) is 10.9. The fraction of sp³-hybridized carbons (Fsp3) is 0.118. The van der Waals surface area contributed by atoms with Gasteiger partial charge in [0.2, 0.25) is 11.7 Å². The summed E-state index contributed by atoms with van der Waals surface area (Å²) in [7, 11) is 0. The topological polar surface area (TPSA) is 116 Å². The predicted octanol–water partition coefficient (Wildman–Crippen LogP) is 2.57. The lowest BCUT2D eigenvalue weighted by atomic mass is 10.1. The fourth-order valence-electron chi connectivity index (χ4n) is 2.61. The molecule has 1 amide bonds. The maximum absolute atomic E-state index is 12.3. The van der Waals surface area contributed by atoms with Crippen LogP contribution in [0.15, 0.2) is 42.7 Å². The molecule has 0 fully saturated rings. The predicted molar refractivity (Wildman–Crippen MR) is 106 cm³/mol. The first-order valence-electron chi connectivity index (χ1n) is 8.37. The number of tetrazole rings is 2. The number of nitrogens with one attached hydrogen (secondary N) is 1. The minimum atomic E-state index is -0.336. The van der Waals surface area contributed by atoms with Crippen molar-refractivity contribution in [1.29, 1.82) is 0 Å². The van der Waals surface area contributed by atoms with Crippen LogP contribution < -0.4 is 5.32 Å². The van der Waals surface area contributed by atoms with Crippen LogP contribution in [0.3, 0.4) is 0 Å². The van der Waals surface area contributed by atoms with E-state index in [0.29, 0.717) is 32.8 Å². The average Bonchev–Trinajstić information content (AvgIpc) is 3.37. The van der Waals surface area contributed by atoms with Gasteiger partial charge in [-0.1, -0.05) is 29.3 Å². The first-order chi connectivity index (χ1) is 14.0. The molecule has 0 aliphatic carbocycles. The van der Waals surface area contributed by atoms with Gasteiger partial charge in [0, 0.05) is 11.3 Å². The van der Waals surface area contributed by atoms with E-state index in [1.807, 2.05) is 25.1 Å². The van der Waals surface area contributed by atoms with Gasteiger partial charge in [-0.15, -0.1) is 15.3 Å². The lowest BCUT2D eigenvalue weighted by Gasteiger charge is -2.06. The molecule has 2 heterocycles. The molecule has 4 aromatic rings. The zero-order valence-electron chi connectivity index (χ0n) is 15.0. The van der Waals surface area contributed by atoms with Crippen LogP contribution in [0.25, 0.3) is 17.1 Å². The van der Waals surface area contributed by atoms with E-state index in [-0.39, 0.29) is 12.5 Å². The highest BCUT2D eigenvalue weighted by atomic mass is 35.5. The van der Waals surface area contributed by atoms with Crippen LogP contribution >= 0.6 is 23.2 Å². The Morgan fingerprint density at radius 2 is 1.97 bits per heavy atom. The summed E-state index contributed by atoms with van der Waals surface area (Å²) in [6, 6.07) is 10.5. The number of aromatic nitrogens is 8. The second-order valence-electron chi connectivity index (χ2n) is 6.10. The lowest BCUT2D eigenvalue weighted by Crippen LogP contribution is -2.20. The third kappa shape index (κ3) is 4.23. The van der Waals surface area contributed by atoms with Crippen molar-refractivity contribution in [1.82, 2.24) is 40.4 Å². The van der Waals surface area contributed by atoms with E-state index in [2.05, 4.69) is 36.3 Å². The van der Waals surface area contributed by atoms with E-state index in [1.165, 1.54) is 15.8 Å². The van der Waals surface area contributed by atoms with Crippen LogP contribution in [0.1, 0.15) is 5.56 Å². The van der Waals surface area contributed by atoms with E-state index in [9.17, 15) is 4.79 Å². The number of hydrogen-bond acceptors (Lipinski definition) is 7. The summed E-state index contributed by atoms with van der Waals surface area (Å²) in [5, 5.41) is 27.0. The average molecular weight is 430 g/mol. The first-order valence-corrected chi connectivity index (χ1v) is 9.12. The molecule has 29 heavy (non-hydrogen) atoms. The third-order valence-electron chi connectivity index (χ3n) is 3.93. The van der Waals surface area contributed by atoms with E-state index < -0.39 is 0 Å². The monoisotopic (exact) mass is 429 g/mol. The van der Waals surface area contributed by atoms with Gasteiger partial charge < -0.3 is 5.32 Å².